The summed E-state index contributed by atoms with van der Waals surface area (Å²) in [5.74, 6) is 0.288. The van der Waals surface area contributed by atoms with Crippen LogP contribution >= 0.6 is 24.8 Å². The average molecular weight is 514 g/mol. The lowest BCUT2D eigenvalue weighted by molar-refractivity contribution is 0.238. The quantitative estimate of drug-likeness (QED) is 0.234. The smallest absolute Gasteiger partial charge is 0.157 e. The summed E-state index contributed by atoms with van der Waals surface area (Å²) in [6.45, 7) is 7.87. The van der Waals surface area contributed by atoms with E-state index in [0.29, 0.717) is 11.8 Å². The third-order valence-electron chi connectivity index (χ3n) is 6.60. The van der Waals surface area contributed by atoms with Gasteiger partial charge in [0.05, 0.1) is 0 Å². The SMILES string of the molecule is CCCN(CCCCCN1CCCC1Cc1ccc(O)c(O)c1)CCc1cccc(O)c1.Cl.Cl. The van der Waals surface area contributed by atoms with E-state index in [1.54, 1.807) is 18.2 Å². The molecule has 2 aromatic rings. The minimum Gasteiger partial charge on any atom is -0.508 e. The Kier molecular flexibility index (Phi) is 14.4. The molecule has 5 nitrogen and oxygen atoms in total. The monoisotopic (exact) mass is 512 g/mol. The molecule has 0 radical (unpaired) electrons. The molecule has 34 heavy (non-hydrogen) atoms. The first-order valence-corrected chi connectivity index (χ1v) is 12.3. The zero-order valence-corrected chi connectivity index (χ0v) is 22.0. The molecule has 3 N–H and O–H groups in total. The van der Waals surface area contributed by atoms with E-state index in [-0.39, 0.29) is 36.3 Å². The Morgan fingerprint density at radius 1 is 0.882 bits per heavy atom. The molecule has 192 valence electrons. The fourth-order valence-corrected chi connectivity index (χ4v) is 4.87. The summed E-state index contributed by atoms with van der Waals surface area (Å²) < 4.78 is 0. The highest BCUT2D eigenvalue weighted by atomic mass is 35.5. The maximum absolute atomic E-state index is 9.76. The van der Waals surface area contributed by atoms with Crippen LogP contribution in [-0.4, -0.2) is 63.9 Å². The maximum atomic E-state index is 9.76. The van der Waals surface area contributed by atoms with Gasteiger partial charge in [0.15, 0.2) is 11.5 Å². The van der Waals surface area contributed by atoms with Crippen LogP contribution in [0.3, 0.4) is 0 Å². The number of aromatic hydroxyl groups is 3. The van der Waals surface area contributed by atoms with Crippen molar-refractivity contribution in [1.82, 2.24) is 9.80 Å². The van der Waals surface area contributed by atoms with Gasteiger partial charge in [-0.15, -0.1) is 24.8 Å². The van der Waals surface area contributed by atoms with Crippen molar-refractivity contribution in [1.29, 1.82) is 0 Å². The third-order valence-corrected chi connectivity index (χ3v) is 6.60. The first kappa shape index (κ1) is 30.4. The molecule has 1 unspecified atom stereocenters. The van der Waals surface area contributed by atoms with Gasteiger partial charge in [-0.1, -0.05) is 31.5 Å². The second-order valence-corrected chi connectivity index (χ2v) is 9.18. The molecular weight excluding hydrogens is 471 g/mol. The maximum Gasteiger partial charge on any atom is 0.157 e. The van der Waals surface area contributed by atoms with E-state index in [9.17, 15) is 15.3 Å². The van der Waals surface area contributed by atoms with Gasteiger partial charge in [-0.25, -0.2) is 0 Å². The fourth-order valence-electron chi connectivity index (χ4n) is 4.87. The summed E-state index contributed by atoms with van der Waals surface area (Å²) in [4.78, 5) is 5.16. The number of phenolic OH excluding ortho intramolecular Hbond substituents is 3. The molecule has 1 heterocycles. The standard InChI is InChI=1S/C27H40N2O3.2ClH/c1-2-14-28(18-13-22-8-6-10-25(30)20-22)15-4-3-5-16-29-17-7-9-24(29)19-23-11-12-26(31)27(32)21-23;;/h6,8,10-12,20-21,24,30-32H,2-5,7,9,13-19H2,1H3;2*1H. The van der Waals surface area contributed by atoms with Crippen molar-refractivity contribution < 1.29 is 15.3 Å². The zero-order valence-electron chi connectivity index (χ0n) is 20.4. The van der Waals surface area contributed by atoms with Crippen molar-refractivity contribution in [3.05, 3.63) is 53.6 Å². The average Bonchev–Trinajstić information content (AvgIpc) is 3.21. The molecule has 0 bridgehead atoms. The lowest BCUT2D eigenvalue weighted by Gasteiger charge is -2.25. The minimum absolute atomic E-state index is 0. The topological polar surface area (TPSA) is 67.2 Å². The molecule has 7 heteroatoms. The lowest BCUT2D eigenvalue weighted by atomic mass is 10.0. The Hall–Kier alpha value is -1.66. The third kappa shape index (κ3) is 9.91. The molecule has 1 atom stereocenters. The number of benzene rings is 2. The van der Waals surface area contributed by atoms with Crippen LogP contribution in [0.1, 0.15) is 56.6 Å². The van der Waals surface area contributed by atoms with Crippen LogP contribution in [0.15, 0.2) is 42.5 Å². The van der Waals surface area contributed by atoms with Gasteiger partial charge >= 0.3 is 0 Å². The van der Waals surface area contributed by atoms with Crippen molar-refractivity contribution in [3.63, 3.8) is 0 Å². The van der Waals surface area contributed by atoms with Gasteiger partial charge in [-0.3, -0.25) is 0 Å². The van der Waals surface area contributed by atoms with Gasteiger partial charge in [0.2, 0.25) is 0 Å². The highest BCUT2D eigenvalue weighted by Gasteiger charge is 2.24. The highest BCUT2D eigenvalue weighted by Crippen LogP contribution is 2.28. The number of halogens is 2. The number of rotatable bonds is 13. The summed E-state index contributed by atoms with van der Waals surface area (Å²) in [7, 11) is 0. The van der Waals surface area contributed by atoms with Gasteiger partial charge in [-0.05, 0) is 107 Å². The van der Waals surface area contributed by atoms with Gasteiger partial charge in [0, 0.05) is 12.6 Å². The van der Waals surface area contributed by atoms with E-state index in [1.807, 2.05) is 18.2 Å². The first-order valence-electron chi connectivity index (χ1n) is 12.3. The number of likely N-dealkylation sites (tertiary alicyclic amines) is 1. The van der Waals surface area contributed by atoms with Crippen molar-refractivity contribution >= 4 is 24.8 Å². The number of unbranched alkanes of at least 4 members (excludes halogenated alkanes) is 2. The molecule has 2 aromatic carbocycles. The largest absolute Gasteiger partial charge is 0.508 e. The van der Waals surface area contributed by atoms with E-state index in [4.69, 9.17) is 0 Å². The van der Waals surface area contributed by atoms with Crippen LogP contribution in [0, 0.1) is 0 Å². The minimum atomic E-state index is -0.0453. The van der Waals surface area contributed by atoms with Crippen molar-refractivity contribution in [2.45, 2.75) is 64.3 Å². The molecule has 0 spiro atoms. The Bertz CT molecular complexity index is 837. The molecule has 1 aliphatic rings. The molecule has 0 aliphatic carbocycles. The van der Waals surface area contributed by atoms with Gasteiger partial charge in [0.25, 0.3) is 0 Å². The van der Waals surface area contributed by atoms with Crippen molar-refractivity contribution in [2.24, 2.45) is 0 Å². The van der Waals surface area contributed by atoms with Gasteiger partial charge in [-0.2, -0.15) is 0 Å². The van der Waals surface area contributed by atoms with E-state index >= 15 is 0 Å². The molecule has 1 aliphatic heterocycles. The van der Waals surface area contributed by atoms with Gasteiger partial charge in [0.1, 0.15) is 5.75 Å². The number of hydrogen-bond donors (Lipinski definition) is 3. The van der Waals surface area contributed by atoms with Crippen molar-refractivity contribution in [2.75, 3.05) is 32.7 Å². The lowest BCUT2D eigenvalue weighted by Crippen LogP contribution is -2.32. The molecule has 0 aromatic heterocycles. The van der Waals surface area contributed by atoms with Crippen LogP contribution in [0.5, 0.6) is 17.2 Å². The summed E-state index contributed by atoms with van der Waals surface area (Å²) in [6, 6.07) is 13.4. The number of hydrogen-bond acceptors (Lipinski definition) is 5. The van der Waals surface area contributed by atoms with Crippen LogP contribution in [0.25, 0.3) is 0 Å². The van der Waals surface area contributed by atoms with Gasteiger partial charge < -0.3 is 25.1 Å². The number of phenols is 3. The van der Waals surface area contributed by atoms with Crippen LogP contribution in [0.2, 0.25) is 0 Å². The summed E-state index contributed by atoms with van der Waals surface area (Å²) in [5, 5.41) is 28.9. The first-order chi connectivity index (χ1) is 15.5. The molecule has 1 saturated heterocycles. The van der Waals surface area contributed by atoms with E-state index in [1.165, 1.54) is 50.6 Å². The summed E-state index contributed by atoms with van der Waals surface area (Å²) in [6.07, 6.45) is 9.24. The Morgan fingerprint density at radius 2 is 1.71 bits per heavy atom. The molecular formula is C27H42Cl2N2O3. The van der Waals surface area contributed by atoms with Crippen molar-refractivity contribution in [3.8, 4) is 17.2 Å². The molecule has 0 saturated carbocycles. The molecule has 0 amide bonds. The van der Waals surface area contributed by atoms with E-state index in [0.717, 1.165) is 44.6 Å². The summed E-state index contributed by atoms with van der Waals surface area (Å²) in [5.41, 5.74) is 2.30. The predicted octanol–water partition coefficient (Wildman–Crippen LogP) is 5.78. The summed E-state index contributed by atoms with van der Waals surface area (Å²) >= 11 is 0. The molecule has 3 rings (SSSR count). The Labute approximate surface area is 217 Å². The second-order valence-electron chi connectivity index (χ2n) is 9.18. The predicted molar refractivity (Wildman–Crippen MR) is 145 cm³/mol. The normalized spacial score (nSPS) is 15.8. The fraction of sp³-hybridized carbons (Fsp3) is 0.556. The Balaban J connectivity index is 0.00000289. The zero-order chi connectivity index (χ0) is 22.8. The molecule has 1 fully saturated rings. The highest BCUT2D eigenvalue weighted by molar-refractivity contribution is 5.85. The van der Waals surface area contributed by atoms with Crippen LogP contribution in [-0.2, 0) is 12.8 Å². The van der Waals surface area contributed by atoms with Crippen LogP contribution in [0.4, 0.5) is 0 Å². The second kappa shape index (κ2) is 16.1. The Morgan fingerprint density at radius 3 is 2.44 bits per heavy atom. The van der Waals surface area contributed by atoms with E-state index in [2.05, 4.69) is 22.8 Å². The number of nitrogens with zero attached hydrogens (tertiary/aromatic N) is 2. The van der Waals surface area contributed by atoms with Crippen LogP contribution < -0.4 is 0 Å². The van der Waals surface area contributed by atoms with E-state index < -0.39 is 0 Å².